The fourth-order valence-electron chi connectivity index (χ4n) is 2.30. The van der Waals surface area contributed by atoms with E-state index in [0.29, 0.717) is 5.69 Å². The van der Waals surface area contributed by atoms with Crippen molar-refractivity contribution in [3.63, 3.8) is 0 Å². The van der Waals surface area contributed by atoms with Crippen molar-refractivity contribution in [2.45, 2.75) is 27.2 Å². The fourth-order valence-corrected chi connectivity index (χ4v) is 2.30. The van der Waals surface area contributed by atoms with Crippen molar-refractivity contribution >= 4 is 23.2 Å². The normalized spacial score (nSPS) is 10.2. The van der Waals surface area contributed by atoms with Gasteiger partial charge in [-0.05, 0) is 49.1 Å². The van der Waals surface area contributed by atoms with Crippen LogP contribution < -0.4 is 10.6 Å². The van der Waals surface area contributed by atoms with Crippen LogP contribution in [-0.4, -0.2) is 16.9 Å². The van der Waals surface area contributed by atoms with Gasteiger partial charge in [-0.2, -0.15) is 0 Å². The van der Waals surface area contributed by atoms with E-state index in [-0.39, 0.29) is 11.4 Å². The number of phenolic OH excluding ortho intramolecular Hbond substituents is 1. The molecule has 0 bridgehead atoms. The lowest BCUT2D eigenvalue weighted by atomic mass is 10.1. The van der Waals surface area contributed by atoms with E-state index < -0.39 is 11.8 Å². The van der Waals surface area contributed by atoms with Gasteiger partial charge in [0.05, 0.1) is 5.69 Å². The molecular formula is C18H20N2O3. The molecule has 3 N–H and O–H groups in total. The molecule has 0 heterocycles. The Kier molecular flexibility index (Phi) is 5.01. The van der Waals surface area contributed by atoms with Gasteiger partial charge in [-0.3, -0.25) is 9.59 Å². The van der Waals surface area contributed by atoms with Crippen molar-refractivity contribution in [1.29, 1.82) is 0 Å². The van der Waals surface area contributed by atoms with E-state index in [2.05, 4.69) is 10.6 Å². The highest BCUT2D eigenvalue weighted by Gasteiger charge is 2.17. The zero-order valence-corrected chi connectivity index (χ0v) is 13.4. The van der Waals surface area contributed by atoms with E-state index >= 15 is 0 Å². The van der Waals surface area contributed by atoms with Gasteiger partial charge in [-0.25, -0.2) is 0 Å². The summed E-state index contributed by atoms with van der Waals surface area (Å²) in [6.45, 7) is 5.68. The predicted octanol–water partition coefficient (Wildman–Crippen LogP) is 3.15. The second-order valence-corrected chi connectivity index (χ2v) is 5.39. The molecule has 0 spiro atoms. The minimum Gasteiger partial charge on any atom is -0.506 e. The van der Waals surface area contributed by atoms with Gasteiger partial charge in [-0.15, -0.1) is 0 Å². The molecular weight excluding hydrogens is 292 g/mol. The van der Waals surface area contributed by atoms with Crippen molar-refractivity contribution in [2.75, 3.05) is 10.6 Å². The number of benzene rings is 2. The number of amides is 2. The minimum atomic E-state index is -0.823. The molecule has 0 aliphatic heterocycles. The van der Waals surface area contributed by atoms with Crippen LogP contribution in [0.2, 0.25) is 0 Å². The summed E-state index contributed by atoms with van der Waals surface area (Å²) in [5.74, 6) is -1.67. The molecule has 0 aromatic heterocycles. The fraction of sp³-hybridized carbons (Fsp3) is 0.222. The number of anilines is 2. The number of nitrogens with one attached hydrogen (secondary N) is 2. The van der Waals surface area contributed by atoms with E-state index in [1.165, 1.54) is 6.07 Å². The van der Waals surface area contributed by atoms with Gasteiger partial charge in [-0.1, -0.05) is 31.2 Å². The second kappa shape index (κ2) is 6.96. The standard InChI is InChI=1S/C18H20N2O3/c1-4-13-7-5-6-12(3)16(13)20-18(23)17(22)19-14-10-11(2)8-9-15(14)21/h5-10,21H,4H2,1-3H3,(H,19,22)(H,20,23). The molecule has 0 fully saturated rings. The van der Waals surface area contributed by atoms with Gasteiger partial charge in [0.2, 0.25) is 0 Å². The minimum absolute atomic E-state index is 0.0816. The van der Waals surface area contributed by atoms with Gasteiger partial charge in [0.15, 0.2) is 0 Å². The SMILES string of the molecule is CCc1cccc(C)c1NC(=O)C(=O)Nc1cc(C)ccc1O. The lowest BCUT2D eigenvalue weighted by Gasteiger charge is -2.13. The highest BCUT2D eigenvalue weighted by Crippen LogP contribution is 2.24. The molecule has 0 saturated heterocycles. The Morgan fingerprint density at radius 2 is 1.74 bits per heavy atom. The summed E-state index contributed by atoms with van der Waals surface area (Å²) in [7, 11) is 0. The average Bonchev–Trinajstić information content (AvgIpc) is 2.52. The topological polar surface area (TPSA) is 78.4 Å². The summed E-state index contributed by atoms with van der Waals surface area (Å²) in [4.78, 5) is 24.2. The largest absolute Gasteiger partial charge is 0.506 e. The molecule has 0 radical (unpaired) electrons. The van der Waals surface area contributed by atoms with Crippen LogP contribution in [0, 0.1) is 13.8 Å². The number of para-hydroxylation sites is 1. The molecule has 0 saturated carbocycles. The molecule has 120 valence electrons. The number of rotatable bonds is 3. The Bertz CT molecular complexity index is 754. The zero-order valence-electron chi connectivity index (χ0n) is 13.4. The third-order valence-corrected chi connectivity index (χ3v) is 3.59. The third kappa shape index (κ3) is 3.88. The first kappa shape index (κ1) is 16.5. The van der Waals surface area contributed by atoms with Crippen LogP contribution in [0.3, 0.4) is 0 Å². The molecule has 0 aliphatic carbocycles. The number of aromatic hydroxyl groups is 1. The van der Waals surface area contributed by atoms with E-state index in [9.17, 15) is 14.7 Å². The first-order valence-corrected chi connectivity index (χ1v) is 7.42. The van der Waals surface area contributed by atoms with Crippen molar-refractivity contribution in [1.82, 2.24) is 0 Å². The number of carbonyl (C=O) groups excluding carboxylic acids is 2. The lowest BCUT2D eigenvalue weighted by molar-refractivity contribution is -0.133. The van der Waals surface area contributed by atoms with Crippen molar-refractivity contribution < 1.29 is 14.7 Å². The molecule has 0 atom stereocenters. The highest BCUT2D eigenvalue weighted by molar-refractivity contribution is 6.44. The van der Waals surface area contributed by atoms with Crippen LogP contribution in [0.4, 0.5) is 11.4 Å². The van der Waals surface area contributed by atoms with Gasteiger partial charge in [0.1, 0.15) is 5.75 Å². The summed E-state index contributed by atoms with van der Waals surface area (Å²) < 4.78 is 0. The van der Waals surface area contributed by atoms with Crippen LogP contribution in [0.5, 0.6) is 5.75 Å². The maximum Gasteiger partial charge on any atom is 0.314 e. The second-order valence-electron chi connectivity index (χ2n) is 5.39. The molecule has 2 aromatic carbocycles. The van der Waals surface area contributed by atoms with E-state index in [1.807, 2.05) is 39.0 Å². The number of carbonyl (C=O) groups is 2. The van der Waals surface area contributed by atoms with E-state index in [4.69, 9.17) is 0 Å². The van der Waals surface area contributed by atoms with Gasteiger partial charge in [0.25, 0.3) is 0 Å². The highest BCUT2D eigenvalue weighted by atomic mass is 16.3. The summed E-state index contributed by atoms with van der Waals surface area (Å²) in [6.07, 6.45) is 0.748. The predicted molar refractivity (Wildman–Crippen MR) is 90.7 cm³/mol. The molecule has 23 heavy (non-hydrogen) atoms. The van der Waals surface area contributed by atoms with Crippen LogP contribution in [0.15, 0.2) is 36.4 Å². The van der Waals surface area contributed by atoms with E-state index in [1.54, 1.807) is 12.1 Å². The summed E-state index contributed by atoms with van der Waals surface area (Å²) in [5.41, 5.74) is 3.59. The quantitative estimate of drug-likeness (QED) is 0.602. The number of hydrogen-bond donors (Lipinski definition) is 3. The molecule has 0 aliphatic rings. The maximum absolute atomic E-state index is 12.1. The van der Waals surface area contributed by atoms with Crippen LogP contribution in [0.25, 0.3) is 0 Å². The number of phenols is 1. The molecule has 2 aromatic rings. The summed E-state index contributed by atoms with van der Waals surface area (Å²) in [6, 6.07) is 10.5. The van der Waals surface area contributed by atoms with Crippen molar-refractivity contribution in [2.24, 2.45) is 0 Å². The Balaban J connectivity index is 2.15. The Labute approximate surface area is 135 Å². The maximum atomic E-state index is 12.1. The monoisotopic (exact) mass is 312 g/mol. The van der Waals surface area contributed by atoms with Crippen LogP contribution in [-0.2, 0) is 16.0 Å². The molecule has 0 unspecified atom stereocenters. The van der Waals surface area contributed by atoms with Gasteiger partial charge in [0, 0.05) is 5.69 Å². The Morgan fingerprint density at radius 3 is 2.43 bits per heavy atom. The van der Waals surface area contributed by atoms with Crippen molar-refractivity contribution in [3.05, 3.63) is 53.1 Å². The zero-order chi connectivity index (χ0) is 17.0. The molecule has 5 heteroatoms. The number of aryl methyl sites for hydroxylation is 3. The van der Waals surface area contributed by atoms with Crippen LogP contribution in [0.1, 0.15) is 23.6 Å². The third-order valence-electron chi connectivity index (χ3n) is 3.59. The van der Waals surface area contributed by atoms with E-state index in [0.717, 1.165) is 23.1 Å². The van der Waals surface area contributed by atoms with Gasteiger partial charge < -0.3 is 15.7 Å². The molecule has 5 nitrogen and oxygen atoms in total. The average molecular weight is 312 g/mol. The Hall–Kier alpha value is -2.82. The lowest BCUT2D eigenvalue weighted by Crippen LogP contribution is -2.29. The first-order valence-electron chi connectivity index (χ1n) is 7.42. The molecule has 2 amide bonds. The Morgan fingerprint density at radius 1 is 1.04 bits per heavy atom. The summed E-state index contributed by atoms with van der Waals surface area (Å²) >= 11 is 0. The summed E-state index contributed by atoms with van der Waals surface area (Å²) in [5, 5.41) is 14.8. The van der Waals surface area contributed by atoms with Crippen LogP contribution >= 0.6 is 0 Å². The molecule has 2 rings (SSSR count). The first-order chi connectivity index (χ1) is 10.9. The van der Waals surface area contributed by atoms with Gasteiger partial charge >= 0.3 is 11.8 Å². The number of hydrogen-bond acceptors (Lipinski definition) is 3. The smallest absolute Gasteiger partial charge is 0.314 e. The van der Waals surface area contributed by atoms with Crippen molar-refractivity contribution in [3.8, 4) is 5.75 Å².